The van der Waals surface area contributed by atoms with Gasteiger partial charge in [0.05, 0.1) is 5.41 Å². The summed E-state index contributed by atoms with van der Waals surface area (Å²) in [4.78, 5) is 10.0. The Kier molecular flexibility index (Phi) is 1.41. The summed E-state index contributed by atoms with van der Waals surface area (Å²) in [6.07, 6.45) is 0. The fraction of sp³-hybridized carbons (Fsp3) is 0.800. The quantitative estimate of drug-likeness (QED) is 0.496. The second-order valence-corrected chi connectivity index (χ2v) is 2.56. The van der Waals surface area contributed by atoms with Crippen LogP contribution in [0.15, 0.2) is 0 Å². The summed E-state index contributed by atoms with van der Waals surface area (Å²) in [5, 5.41) is 8.25. The molecule has 0 aromatic heterocycles. The van der Waals surface area contributed by atoms with Gasteiger partial charge < -0.3 is 5.11 Å². The van der Waals surface area contributed by atoms with E-state index in [1.54, 1.807) is 20.8 Å². The van der Waals surface area contributed by atoms with Gasteiger partial charge in [-0.25, -0.2) is 0 Å². The molecule has 0 spiro atoms. The maximum absolute atomic E-state index is 10.0. The average Bonchev–Trinajstić information content (AvgIpc) is 1.31. The maximum atomic E-state index is 10.0. The number of hydrogen-bond acceptors (Lipinski definition) is 1. The van der Waals surface area contributed by atoms with Crippen molar-refractivity contribution in [1.82, 2.24) is 0 Å². The van der Waals surface area contributed by atoms with Crippen LogP contribution < -0.4 is 0 Å². The molecule has 0 aliphatic rings. The van der Waals surface area contributed by atoms with E-state index in [1.807, 2.05) is 0 Å². The van der Waals surface area contributed by atoms with Crippen molar-refractivity contribution in [3.05, 3.63) is 0 Å². The van der Waals surface area contributed by atoms with Crippen LogP contribution >= 0.6 is 0 Å². The number of aliphatic carboxylic acids is 1. The van der Waals surface area contributed by atoms with Gasteiger partial charge in [0.2, 0.25) is 0 Å². The number of carboxylic acid groups (broad SMARTS) is 1. The lowest BCUT2D eigenvalue weighted by molar-refractivity contribution is -0.145. The first kappa shape index (κ1) is 6.47. The molecule has 7 heavy (non-hydrogen) atoms. The van der Waals surface area contributed by atoms with Crippen LogP contribution in [0.1, 0.15) is 20.8 Å². The smallest absolute Gasteiger partial charge is 0.308 e. The molecule has 0 amide bonds. The maximum Gasteiger partial charge on any atom is 0.308 e. The van der Waals surface area contributed by atoms with E-state index in [2.05, 4.69) is 0 Å². The van der Waals surface area contributed by atoms with Crippen molar-refractivity contribution in [3.63, 3.8) is 0 Å². The van der Waals surface area contributed by atoms with Crippen LogP contribution in [0.25, 0.3) is 0 Å². The summed E-state index contributed by atoms with van der Waals surface area (Å²) in [6.45, 7) is 4.99. The third-order valence-electron chi connectivity index (χ3n) is 0.642. The third kappa shape index (κ3) is 2.20. The molecule has 0 rings (SSSR count). The highest BCUT2D eigenvalue weighted by Crippen LogP contribution is 2.11. The second-order valence-electron chi connectivity index (χ2n) is 2.56. The van der Waals surface area contributed by atoms with Crippen LogP contribution in [-0.2, 0) is 4.79 Å². The Balaban J connectivity index is 3.79. The third-order valence-corrected chi connectivity index (χ3v) is 0.642. The average molecular weight is 101 g/mol. The van der Waals surface area contributed by atoms with Crippen LogP contribution in [0.4, 0.5) is 0 Å². The molecule has 0 aromatic carbocycles. The van der Waals surface area contributed by atoms with Gasteiger partial charge in [-0.3, -0.25) is 4.79 Å². The first-order chi connectivity index (χ1) is 2.94. The van der Waals surface area contributed by atoms with E-state index >= 15 is 0 Å². The molecule has 0 fully saturated rings. The Bertz CT molecular complexity index is 78.6. The van der Waals surface area contributed by atoms with Crippen molar-refractivity contribution in [2.45, 2.75) is 20.8 Å². The predicted octanol–water partition coefficient (Wildman–Crippen LogP) is 1.12. The molecular formula is C5H10O2. The molecule has 0 heterocycles. The predicted molar refractivity (Wildman–Crippen MR) is 27.1 cm³/mol. The van der Waals surface area contributed by atoms with Crippen LogP contribution in [0.5, 0.6) is 0 Å². The fourth-order valence-corrected chi connectivity index (χ4v) is 0. The summed E-state index contributed by atoms with van der Waals surface area (Å²) >= 11 is 0. The van der Waals surface area contributed by atoms with Gasteiger partial charge in [-0.1, -0.05) is 0 Å². The molecule has 0 aliphatic carbocycles. The minimum atomic E-state index is -0.757. The Morgan fingerprint density at radius 3 is 1.57 bits per heavy atom. The molecular weight excluding hydrogens is 91.1 g/mol. The first-order valence-corrected chi connectivity index (χ1v) is 2.18. The van der Waals surface area contributed by atoms with Gasteiger partial charge in [-0.05, 0) is 20.8 Å². The molecule has 0 unspecified atom stereocenters. The van der Waals surface area contributed by atoms with E-state index in [9.17, 15) is 4.79 Å². The highest BCUT2D eigenvalue weighted by molar-refractivity contribution is 5.72. The lowest BCUT2D eigenvalue weighted by Gasteiger charge is -2.08. The van der Waals surface area contributed by atoms with Gasteiger partial charge in [-0.2, -0.15) is 0 Å². The molecule has 42 valence electrons. The lowest BCUT2D eigenvalue weighted by Crippen LogP contribution is -2.18. The van der Waals surface area contributed by atoms with Crippen LogP contribution in [0, 0.1) is 5.41 Å². The Hall–Kier alpha value is -0.530. The van der Waals surface area contributed by atoms with E-state index in [1.165, 1.54) is 0 Å². The van der Waals surface area contributed by atoms with E-state index < -0.39 is 11.4 Å². The lowest BCUT2D eigenvalue weighted by atomic mass is 9.73. The van der Waals surface area contributed by atoms with Gasteiger partial charge in [-0.15, -0.1) is 0 Å². The molecule has 1 N–H and O–H groups in total. The topological polar surface area (TPSA) is 37.3 Å². The van der Waals surface area contributed by atoms with Gasteiger partial charge in [0.15, 0.2) is 0 Å². The van der Waals surface area contributed by atoms with Crippen molar-refractivity contribution < 1.29 is 9.90 Å². The Morgan fingerprint density at radius 2 is 1.57 bits per heavy atom. The SMILES string of the molecule is CC(C)(C)[11C](=O)O. The second kappa shape index (κ2) is 1.52. The largest absolute Gasteiger partial charge is 0.481 e. The minimum Gasteiger partial charge on any atom is -0.481 e. The monoisotopic (exact) mass is 101 g/mol. The zero-order valence-corrected chi connectivity index (χ0v) is 4.86. The van der Waals surface area contributed by atoms with Crippen molar-refractivity contribution >= 4 is 5.97 Å². The minimum absolute atomic E-state index is 0.583. The van der Waals surface area contributed by atoms with Crippen molar-refractivity contribution in [2.75, 3.05) is 0 Å². The standard InChI is InChI=1S/C5H10O2/c1-5(2,3)4(6)7/h1-3H3,(H,6,7)/i4-1. The van der Waals surface area contributed by atoms with Crippen molar-refractivity contribution in [3.8, 4) is 0 Å². The zero-order chi connectivity index (χ0) is 6.08. The van der Waals surface area contributed by atoms with Crippen molar-refractivity contribution in [2.24, 2.45) is 5.41 Å². The van der Waals surface area contributed by atoms with E-state index in [-0.39, 0.29) is 0 Å². The zero-order valence-electron chi connectivity index (χ0n) is 4.86. The molecule has 0 aromatic rings. The first-order valence-electron chi connectivity index (χ1n) is 2.18. The Labute approximate surface area is 43.2 Å². The molecule has 0 atom stereocenters. The number of carbonyl (C=O) groups is 1. The molecule has 0 saturated heterocycles. The highest BCUT2D eigenvalue weighted by atomic mass is 16.3. The summed E-state index contributed by atoms with van der Waals surface area (Å²) < 4.78 is 0. The summed E-state index contributed by atoms with van der Waals surface area (Å²) in [5.74, 6) is -0.757. The van der Waals surface area contributed by atoms with Crippen LogP contribution in [-0.4, -0.2) is 11.1 Å². The summed E-state index contributed by atoms with van der Waals surface area (Å²) in [6, 6.07) is 0. The number of hydrogen-bond donors (Lipinski definition) is 1. The number of rotatable bonds is 0. The molecule has 2 heteroatoms. The van der Waals surface area contributed by atoms with Crippen LogP contribution in [0.2, 0.25) is 0 Å². The van der Waals surface area contributed by atoms with Crippen molar-refractivity contribution in [1.29, 1.82) is 0 Å². The van der Waals surface area contributed by atoms with Gasteiger partial charge in [0.1, 0.15) is 0 Å². The van der Waals surface area contributed by atoms with Crippen LogP contribution in [0.3, 0.4) is 0 Å². The number of carboxylic acids is 1. The summed E-state index contributed by atoms with van der Waals surface area (Å²) in [5.41, 5.74) is -0.583. The fourth-order valence-electron chi connectivity index (χ4n) is 0. The highest BCUT2D eigenvalue weighted by Gasteiger charge is 2.18. The normalized spacial score (nSPS) is 11.3. The van der Waals surface area contributed by atoms with E-state index in [0.29, 0.717) is 0 Å². The summed E-state index contributed by atoms with van der Waals surface area (Å²) in [7, 11) is 0. The van der Waals surface area contributed by atoms with Gasteiger partial charge >= 0.3 is 5.97 Å². The molecule has 2 nitrogen and oxygen atoms in total. The molecule has 0 radical (unpaired) electrons. The molecule has 0 aliphatic heterocycles. The van der Waals surface area contributed by atoms with Gasteiger partial charge in [0, 0.05) is 0 Å². The molecule has 0 bridgehead atoms. The Morgan fingerprint density at radius 1 is 1.43 bits per heavy atom. The van der Waals surface area contributed by atoms with E-state index in [4.69, 9.17) is 5.11 Å². The molecule has 0 saturated carbocycles. The van der Waals surface area contributed by atoms with E-state index in [0.717, 1.165) is 0 Å². The van der Waals surface area contributed by atoms with Gasteiger partial charge in [0.25, 0.3) is 0 Å².